The quantitative estimate of drug-likeness (QED) is 0.667. The minimum atomic E-state index is -0.313. The number of rotatable bonds is 0. The highest BCUT2D eigenvalue weighted by Gasteiger charge is 2.29. The molecule has 78 valence electrons. The van der Waals surface area contributed by atoms with Gasteiger partial charge in [0.1, 0.15) is 0 Å². The largest absolute Gasteiger partial charge is 0.322 e. The van der Waals surface area contributed by atoms with Crippen LogP contribution < -0.4 is 5.32 Å². The van der Waals surface area contributed by atoms with E-state index < -0.39 is 0 Å². The van der Waals surface area contributed by atoms with E-state index in [1.165, 1.54) is 6.08 Å². The van der Waals surface area contributed by atoms with Crippen molar-refractivity contribution in [2.24, 2.45) is 0 Å². The van der Waals surface area contributed by atoms with E-state index in [2.05, 4.69) is 21.2 Å². The molecule has 0 radical (unpaired) electrons. The van der Waals surface area contributed by atoms with Gasteiger partial charge in [-0.05, 0) is 28.8 Å². The summed E-state index contributed by atoms with van der Waals surface area (Å²) >= 11 is 3.04. The Morgan fingerprint density at radius 2 is 1.93 bits per heavy atom. The van der Waals surface area contributed by atoms with E-state index in [1.54, 1.807) is 0 Å². The van der Waals surface area contributed by atoms with Gasteiger partial charge in [-0.3, -0.25) is 14.4 Å². The number of hydrogen-bond acceptors (Lipinski definition) is 3. The molecular formula is C10H8BrNO3. The number of amides is 1. The van der Waals surface area contributed by atoms with Gasteiger partial charge in [0.05, 0.1) is 10.2 Å². The van der Waals surface area contributed by atoms with Crippen LogP contribution in [0.4, 0.5) is 0 Å². The van der Waals surface area contributed by atoms with E-state index in [4.69, 9.17) is 0 Å². The molecule has 1 N–H and O–H groups in total. The normalized spacial score (nSPS) is 21.9. The third kappa shape index (κ3) is 1.79. The van der Waals surface area contributed by atoms with Crippen molar-refractivity contribution in [3.05, 3.63) is 21.8 Å². The first-order valence-electron chi connectivity index (χ1n) is 4.59. The van der Waals surface area contributed by atoms with Crippen LogP contribution in [0.15, 0.2) is 21.8 Å². The van der Waals surface area contributed by atoms with Gasteiger partial charge in [0.25, 0.3) is 0 Å². The molecule has 0 saturated carbocycles. The molecule has 2 rings (SSSR count). The van der Waals surface area contributed by atoms with Crippen LogP contribution in [0.25, 0.3) is 0 Å². The van der Waals surface area contributed by atoms with E-state index in [0.29, 0.717) is 24.8 Å². The van der Waals surface area contributed by atoms with Gasteiger partial charge in [-0.2, -0.15) is 0 Å². The van der Waals surface area contributed by atoms with E-state index in [1.807, 2.05) is 0 Å². The second kappa shape index (κ2) is 3.73. The summed E-state index contributed by atoms with van der Waals surface area (Å²) in [4.78, 5) is 34.5. The smallest absolute Gasteiger partial charge is 0.224 e. The molecular weight excluding hydrogens is 262 g/mol. The summed E-state index contributed by atoms with van der Waals surface area (Å²) in [6.45, 7) is 0. The van der Waals surface area contributed by atoms with E-state index in [9.17, 15) is 14.4 Å². The van der Waals surface area contributed by atoms with Crippen LogP contribution in [0.3, 0.4) is 0 Å². The number of Topliss-reactive ketones (excluding diaryl/α,β-unsaturated/α-hetero) is 1. The summed E-state index contributed by atoms with van der Waals surface area (Å²) in [6, 6.07) is 0. The lowest BCUT2D eigenvalue weighted by atomic mass is 9.97. The standard InChI is InChI=1S/C10H8BrNO3/c11-6-4-7(13)9-5(10(6)15)2-1-3-8(14)12-9/h4H,1-3H2,(H,12,14). The fraction of sp³-hybridized carbons (Fsp3) is 0.300. The average molecular weight is 270 g/mol. The zero-order chi connectivity index (χ0) is 11.0. The summed E-state index contributed by atoms with van der Waals surface area (Å²) in [7, 11) is 0. The molecule has 0 fully saturated rings. The third-order valence-corrected chi connectivity index (χ3v) is 2.98. The molecule has 1 aliphatic carbocycles. The van der Waals surface area contributed by atoms with Gasteiger partial charge in [-0.15, -0.1) is 0 Å². The van der Waals surface area contributed by atoms with Crippen LogP contribution in [-0.4, -0.2) is 17.5 Å². The number of ketones is 2. The number of carbonyl (C=O) groups excluding carboxylic acids is 3. The summed E-state index contributed by atoms with van der Waals surface area (Å²) in [6.07, 6.45) is 2.63. The number of allylic oxidation sites excluding steroid dienone is 3. The van der Waals surface area contributed by atoms with Crippen LogP contribution in [0.2, 0.25) is 0 Å². The van der Waals surface area contributed by atoms with Crippen molar-refractivity contribution in [3.63, 3.8) is 0 Å². The molecule has 5 heteroatoms. The monoisotopic (exact) mass is 269 g/mol. The van der Waals surface area contributed by atoms with E-state index >= 15 is 0 Å². The summed E-state index contributed by atoms with van der Waals surface area (Å²) < 4.78 is 0.266. The molecule has 2 aliphatic rings. The van der Waals surface area contributed by atoms with E-state index in [-0.39, 0.29) is 27.7 Å². The first-order chi connectivity index (χ1) is 7.09. The van der Waals surface area contributed by atoms with E-state index in [0.717, 1.165) is 0 Å². The molecule has 1 heterocycles. The third-order valence-electron chi connectivity index (χ3n) is 2.39. The molecule has 0 aromatic rings. The maximum absolute atomic E-state index is 11.7. The molecule has 0 unspecified atom stereocenters. The van der Waals surface area contributed by atoms with Gasteiger partial charge < -0.3 is 5.32 Å². The maximum atomic E-state index is 11.7. The van der Waals surface area contributed by atoms with Crippen molar-refractivity contribution in [1.82, 2.24) is 5.32 Å². The molecule has 0 saturated heterocycles. The van der Waals surface area contributed by atoms with Gasteiger partial charge in [0, 0.05) is 18.1 Å². The van der Waals surface area contributed by atoms with Gasteiger partial charge >= 0.3 is 0 Å². The van der Waals surface area contributed by atoms with Crippen molar-refractivity contribution < 1.29 is 14.4 Å². The molecule has 0 aromatic heterocycles. The fourth-order valence-corrected chi connectivity index (χ4v) is 2.11. The molecule has 0 bridgehead atoms. The predicted octanol–water partition coefficient (Wildman–Crippen LogP) is 0.971. The van der Waals surface area contributed by atoms with Crippen molar-refractivity contribution in [2.45, 2.75) is 19.3 Å². The predicted molar refractivity (Wildman–Crippen MR) is 56.0 cm³/mol. The topological polar surface area (TPSA) is 63.2 Å². The first kappa shape index (κ1) is 10.3. The van der Waals surface area contributed by atoms with Crippen molar-refractivity contribution in [2.75, 3.05) is 0 Å². The first-order valence-corrected chi connectivity index (χ1v) is 5.38. The Bertz CT molecular complexity index is 434. The highest BCUT2D eigenvalue weighted by atomic mass is 79.9. The molecule has 0 spiro atoms. The van der Waals surface area contributed by atoms with Gasteiger partial charge in [-0.25, -0.2) is 0 Å². The number of carbonyl (C=O) groups is 3. The van der Waals surface area contributed by atoms with Crippen LogP contribution in [0, 0.1) is 0 Å². The molecule has 0 atom stereocenters. The zero-order valence-electron chi connectivity index (χ0n) is 7.80. The minimum Gasteiger partial charge on any atom is -0.322 e. The number of hydrogen-bond donors (Lipinski definition) is 1. The summed E-state index contributed by atoms with van der Waals surface area (Å²) in [5.41, 5.74) is 0.575. The molecule has 15 heavy (non-hydrogen) atoms. The molecule has 1 aliphatic heterocycles. The second-order valence-corrected chi connectivity index (χ2v) is 4.30. The van der Waals surface area contributed by atoms with Crippen molar-refractivity contribution in [1.29, 1.82) is 0 Å². The van der Waals surface area contributed by atoms with Crippen LogP contribution in [0.5, 0.6) is 0 Å². The van der Waals surface area contributed by atoms with Gasteiger partial charge in [0.2, 0.25) is 11.7 Å². The Kier molecular flexibility index (Phi) is 2.56. The fourth-order valence-electron chi connectivity index (χ4n) is 1.66. The lowest BCUT2D eigenvalue weighted by Crippen LogP contribution is -2.29. The van der Waals surface area contributed by atoms with Gasteiger partial charge in [-0.1, -0.05) is 0 Å². The number of nitrogens with one attached hydrogen (secondary N) is 1. The minimum absolute atomic E-state index is 0.158. The van der Waals surface area contributed by atoms with Crippen molar-refractivity contribution in [3.8, 4) is 0 Å². The second-order valence-electron chi connectivity index (χ2n) is 3.44. The van der Waals surface area contributed by atoms with Crippen molar-refractivity contribution >= 4 is 33.4 Å². The van der Waals surface area contributed by atoms with Crippen LogP contribution >= 0.6 is 15.9 Å². The molecule has 0 aromatic carbocycles. The molecule has 4 nitrogen and oxygen atoms in total. The Hall–Kier alpha value is -1.23. The Morgan fingerprint density at radius 3 is 2.67 bits per heavy atom. The average Bonchev–Trinajstić information content (AvgIpc) is 2.37. The Morgan fingerprint density at radius 1 is 1.20 bits per heavy atom. The zero-order valence-corrected chi connectivity index (χ0v) is 9.39. The number of halogens is 1. The lowest BCUT2D eigenvalue weighted by molar-refractivity contribution is -0.122. The Labute approximate surface area is 94.5 Å². The summed E-state index contributed by atoms with van der Waals surface area (Å²) in [5, 5.41) is 2.49. The lowest BCUT2D eigenvalue weighted by Gasteiger charge is -2.13. The van der Waals surface area contributed by atoms with Gasteiger partial charge in [0.15, 0.2) is 5.78 Å². The SMILES string of the molecule is O=C1CCCC2=C(N1)C(=O)C=C(Br)C2=O. The summed E-state index contributed by atoms with van der Waals surface area (Å²) in [5.74, 6) is -0.717. The highest BCUT2D eigenvalue weighted by molar-refractivity contribution is 9.12. The Balaban J connectivity index is 2.45. The highest BCUT2D eigenvalue weighted by Crippen LogP contribution is 2.27. The maximum Gasteiger partial charge on any atom is 0.224 e. The molecule has 1 amide bonds. The van der Waals surface area contributed by atoms with Crippen LogP contribution in [0.1, 0.15) is 19.3 Å². The van der Waals surface area contributed by atoms with Crippen LogP contribution in [-0.2, 0) is 14.4 Å².